The first-order valence-corrected chi connectivity index (χ1v) is 9.32. The number of carboxylic acid groups (broad SMARTS) is 1. The molecule has 0 unspecified atom stereocenters. The molecule has 0 bridgehead atoms. The first-order valence-electron chi connectivity index (χ1n) is 8.44. The van der Waals surface area contributed by atoms with Crippen LogP contribution in [-0.2, 0) is 6.54 Å². The van der Waals surface area contributed by atoms with E-state index in [1.165, 1.54) is 30.5 Å². The van der Waals surface area contributed by atoms with Gasteiger partial charge in [-0.15, -0.1) is 11.3 Å². The summed E-state index contributed by atoms with van der Waals surface area (Å²) < 4.78 is 28.3. The number of nitrogen functional groups attached to an aromatic ring is 1. The molecule has 3 aromatic rings. The monoisotopic (exact) mass is 417 g/mol. The van der Waals surface area contributed by atoms with Gasteiger partial charge in [0.25, 0.3) is 5.91 Å². The molecule has 3 rings (SSSR count). The number of aryl methyl sites for hydroxylation is 1. The first kappa shape index (κ1) is 20.4. The van der Waals surface area contributed by atoms with Crippen molar-refractivity contribution in [1.82, 2.24) is 0 Å². The highest BCUT2D eigenvalue weighted by Crippen LogP contribution is 2.38. The van der Waals surface area contributed by atoms with E-state index >= 15 is 0 Å². The molecule has 2 aromatic carbocycles. The average Bonchev–Trinajstić information content (AvgIpc) is 3.09. The van der Waals surface area contributed by atoms with Crippen LogP contribution in [0.5, 0.6) is 0 Å². The average molecular weight is 417 g/mol. The number of amides is 1. The van der Waals surface area contributed by atoms with Gasteiger partial charge >= 0.3 is 5.97 Å². The summed E-state index contributed by atoms with van der Waals surface area (Å²) in [6, 6.07) is 7.42. The van der Waals surface area contributed by atoms with E-state index in [1.54, 1.807) is 12.1 Å². The molecule has 0 aliphatic carbocycles. The number of carbonyl (C=O) groups is 2. The van der Waals surface area contributed by atoms with Gasteiger partial charge in [-0.1, -0.05) is 24.3 Å². The molecular formula is C20H17F2N3O3S. The standard InChI is InChI=1S/C20H17F2N3O3S/c1-9-5-6-11(16(22)15(9)21)13-8-29-19(14(13)20(27)28)25-18(26)12-4-2-3-10(7-23)17(12)24/h2-6,8H,7,23-24H2,1H3,(H,25,26)(H,27,28). The van der Waals surface area contributed by atoms with Crippen LogP contribution < -0.4 is 16.8 Å². The Bertz CT molecular complexity index is 1130. The van der Waals surface area contributed by atoms with E-state index < -0.39 is 23.5 Å². The van der Waals surface area contributed by atoms with Crippen LogP contribution in [-0.4, -0.2) is 17.0 Å². The molecule has 6 nitrogen and oxygen atoms in total. The number of nitrogens with one attached hydrogen (secondary N) is 1. The zero-order valence-electron chi connectivity index (χ0n) is 15.3. The van der Waals surface area contributed by atoms with Gasteiger partial charge < -0.3 is 21.9 Å². The summed E-state index contributed by atoms with van der Waals surface area (Å²) in [5, 5.41) is 13.5. The topological polar surface area (TPSA) is 118 Å². The predicted molar refractivity (Wildman–Crippen MR) is 108 cm³/mol. The maximum Gasteiger partial charge on any atom is 0.339 e. The fourth-order valence-corrected chi connectivity index (χ4v) is 3.82. The summed E-state index contributed by atoms with van der Waals surface area (Å²) in [6.45, 7) is 1.54. The van der Waals surface area contributed by atoms with E-state index in [9.17, 15) is 23.5 Å². The van der Waals surface area contributed by atoms with Crippen LogP contribution in [0.3, 0.4) is 0 Å². The van der Waals surface area contributed by atoms with E-state index in [0.717, 1.165) is 11.3 Å². The SMILES string of the molecule is Cc1ccc(-c2csc(NC(=O)c3cccc(CN)c3N)c2C(=O)O)c(F)c1F. The maximum atomic E-state index is 14.4. The summed E-state index contributed by atoms with van der Waals surface area (Å²) >= 11 is 0.890. The number of aromatic carboxylic acids is 1. The summed E-state index contributed by atoms with van der Waals surface area (Å²) in [7, 11) is 0. The minimum atomic E-state index is -1.39. The summed E-state index contributed by atoms with van der Waals surface area (Å²) in [6.07, 6.45) is 0. The normalized spacial score (nSPS) is 10.8. The number of rotatable bonds is 5. The fourth-order valence-electron chi connectivity index (χ4n) is 2.87. The molecule has 29 heavy (non-hydrogen) atoms. The molecule has 0 radical (unpaired) electrons. The number of halogens is 2. The minimum absolute atomic E-state index is 0.0181. The Kier molecular flexibility index (Phi) is 5.62. The van der Waals surface area contributed by atoms with E-state index in [-0.39, 0.29) is 45.1 Å². The number of para-hydroxylation sites is 1. The van der Waals surface area contributed by atoms with Crippen molar-refractivity contribution < 1.29 is 23.5 Å². The van der Waals surface area contributed by atoms with Crippen molar-refractivity contribution in [3.63, 3.8) is 0 Å². The zero-order valence-corrected chi connectivity index (χ0v) is 16.1. The van der Waals surface area contributed by atoms with Crippen molar-refractivity contribution in [3.8, 4) is 11.1 Å². The van der Waals surface area contributed by atoms with Gasteiger partial charge in [-0.3, -0.25) is 4.79 Å². The van der Waals surface area contributed by atoms with E-state index in [1.807, 2.05) is 0 Å². The van der Waals surface area contributed by atoms with E-state index in [2.05, 4.69) is 5.32 Å². The van der Waals surface area contributed by atoms with Gasteiger partial charge in [-0.05, 0) is 24.1 Å². The Morgan fingerprint density at radius 1 is 1.14 bits per heavy atom. The molecule has 0 saturated heterocycles. The Morgan fingerprint density at radius 3 is 2.52 bits per heavy atom. The Hall–Kier alpha value is -3.30. The lowest BCUT2D eigenvalue weighted by atomic mass is 10.0. The van der Waals surface area contributed by atoms with Crippen LogP contribution in [0.15, 0.2) is 35.7 Å². The second kappa shape index (κ2) is 7.98. The Morgan fingerprint density at radius 2 is 1.86 bits per heavy atom. The van der Waals surface area contributed by atoms with Gasteiger partial charge in [0.2, 0.25) is 0 Å². The second-order valence-corrected chi connectivity index (χ2v) is 7.13. The number of thiophene rings is 1. The number of carboxylic acids is 1. The highest BCUT2D eigenvalue weighted by Gasteiger charge is 2.25. The van der Waals surface area contributed by atoms with Crippen molar-refractivity contribution >= 4 is 33.9 Å². The van der Waals surface area contributed by atoms with Crippen LogP contribution in [0.25, 0.3) is 11.1 Å². The third-order valence-corrected chi connectivity index (χ3v) is 5.35. The van der Waals surface area contributed by atoms with Gasteiger partial charge in [0.15, 0.2) is 11.6 Å². The smallest absolute Gasteiger partial charge is 0.339 e. The van der Waals surface area contributed by atoms with E-state index in [0.29, 0.717) is 5.56 Å². The molecule has 9 heteroatoms. The van der Waals surface area contributed by atoms with Gasteiger partial charge in [0.05, 0.1) is 5.56 Å². The summed E-state index contributed by atoms with van der Waals surface area (Å²) in [5.74, 6) is -4.23. The summed E-state index contributed by atoms with van der Waals surface area (Å²) in [5.41, 5.74) is 12.0. The molecule has 1 aromatic heterocycles. The van der Waals surface area contributed by atoms with Crippen LogP contribution in [0.1, 0.15) is 31.8 Å². The number of hydrogen-bond acceptors (Lipinski definition) is 5. The quantitative estimate of drug-likeness (QED) is 0.468. The minimum Gasteiger partial charge on any atom is -0.478 e. The highest BCUT2D eigenvalue weighted by atomic mass is 32.1. The summed E-state index contributed by atoms with van der Waals surface area (Å²) in [4.78, 5) is 24.5. The van der Waals surface area contributed by atoms with Crippen LogP contribution in [0.2, 0.25) is 0 Å². The van der Waals surface area contributed by atoms with Crippen molar-refractivity contribution in [1.29, 1.82) is 0 Å². The highest BCUT2D eigenvalue weighted by molar-refractivity contribution is 7.15. The van der Waals surface area contributed by atoms with Gasteiger partial charge in [0.1, 0.15) is 10.6 Å². The molecule has 0 atom stereocenters. The lowest BCUT2D eigenvalue weighted by Gasteiger charge is -2.11. The third-order valence-electron chi connectivity index (χ3n) is 4.46. The van der Waals surface area contributed by atoms with Crippen LogP contribution >= 0.6 is 11.3 Å². The molecule has 0 spiro atoms. The fraction of sp³-hybridized carbons (Fsp3) is 0.100. The number of nitrogens with two attached hydrogens (primary N) is 2. The molecular weight excluding hydrogens is 400 g/mol. The number of hydrogen-bond donors (Lipinski definition) is 4. The van der Waals surface area contributed by atoms with Gasteiger partial charge in [-0.2, -0.15) is 0 Å². The predicted octanol–water partition coefficient (Wildman–Crippen LogP) is 3.99. The lowest BCUT2D eigenvalue weighted by Crippen LogP contribution is -2.16. The molecule has 0 aliphatic rings. The molecule has 6 N–H and O–H groups in total. The van der Waals surface area contributed by atoms with Crippen molar-refractivity contribution in [2.45, 2.75) is 13.5 Å². The molecule has 1 heterocycles. The van der Waals surface area contributed by atoms with Gasteiger partial charge in [-0.25, -0.2) is 13.6 Å². The van der Waals surface area contributed by atoms with Crippen molar-refractivity contribution in [3.05, 3.63) is 69.6 Å². The molecule has 150 valence electrons. The van der Waals surface area contributed by atoms with E-state index in [4.69, 9.17) is 11.5 Å². The Labute approximate surface area is 168 Å². The van der Waals surface area contributed by atoms with Crippen molar-refractivity contribution in [2.24, 2.45) is 5.73 Å². The Balaban J connectivity index is 2.04. The van der Waals surface area contributed by atoms with Crippen molar-refractivity contribution in [2.75, 3.05) is 11.1 Å². The molecule has 1 amide bonds. The maximum absolute atomic E-state index is 14.4. The van der Waals surface area contributed by atoms with Crippen LogP contribution in [0.4, 0.5) is 19.5 Å². The third kappa shape index (κ3) is 3.69. The zero-order chi connectivity index (χ0) is 21.3. The number of anilines is 2. The van der Waals surface area contributed by atoms with Crippen LogP contribution in [0, 0.1) is 18.6 Å². The van der Waals surface area contributed by atoms with Gasteiger partial charge in [0, 0.05) is 28.7 Å². The number of benzene rings is 2. The largest absolute Gasteiger partial charge is 0.478 e. The molecule has 0 fully saturated rings. The number of carbonyl (C=O) groups excluding carboxylic acids is 1. The molecule has 0 saturated carbocycles. The second-order valence-electron chi connectivity index (χ2n) is 6.25. The first-order chi connectivity index (χ1) is 13.8. The molecule has 0 aliphatic heterocycles. The lowest BCUT2D eigenvalue weighted by molar-refractivity contribution is 0.0699.